The molecular formula is C20H19N5O3. The molecule has 0 radical (unpaired) electrons. The number of amides is 1. The van der Waals surface area contributed by atoms with Gasteiger partial charge in [-0.3, -0.25) is 4.79 Å². The van der Waals surface area contributed by atoms with Gasteiger partial charge >= 0.3 is 5.97 Å². The van der Waals surface area contributed by atoms with Crippen molar-refractivity contribution in [1.29, 1.82) is 0 Å². The Labute approximate surface area is 161 Å². The van der Waals surface area contributed by atoms with Crippen LogP contribution in [0.3, 0.4) is 0 Å². The van der Waals surface area contributed by atoms with Crippen molar-refractivity contribution in [2.75, 3.05) is 6.61 Å². The SMILES string of the molecule is O=C(COC(=O)c1cccc(-n2cnnn2)c1)NC(c1ccccc1)C1CC1. The molecule has 0 bridgehead atoms. The second-order valence-corrected chi connectivity index (χ2v) is 6.67. The molecule has 28 heavy (non-hydrogen) atoms. The number of aromatic nitrogens is 4. The van der Waals surface area contributed by atoms with Crippen molar-refractivity contribution in [3.63, 3.8) is 0 Å². The lowest BCUT2D eigenvalue weighted by molar-refractivity contribution is -0.125. The van der Waals surface area contributed by atoms with Crippen LogP contribution in [-0.2, 0) is 9.53 Å². The summed E-state index contributed by atoms with van der Waals surface area (Å²) in [6, 6.07) is 16.5. The summed E-state index contributed by atoms with van der Waals surface area (Å²) in [5.41, 5.74) is 2.02. The van der Waals surface area contributed by atoms with E-state index in [1.54, 1.807) is 24.3 Å². The summed E-state index contributed by atoms with van der Waals surface area (Å²) in [6.07, 6.45) is 3.60. The van der Waals surface area contributed by atoms with Crippen LogP contribution in [0.4, 0.5) is 0 Å². The van der Waals surface area contributed by atoms with Gasteiger partial charge in [0.05, 0.1) is 17.3 Å². The highest BCUT2D eigenvalue weighted by Gasteiger charge is 2.33. The van der Waals surface area contributed by atoms with E-state index >= 15 is 0 Å². The van der Waals surface area contributed by atoms with Crippen LogP contribution < -0.4 is 5.32 Å². The maximum atomic E-state index is 12.3. The third kappa shape index (κ3) is 4.22. The van der Waals surface area contributed by atoms with Crippen molar-refractivity contribution in [1.82, 2.24) is 25.5 Å². The number of esters is 1. The molecule has 1 unspecified atom stereocenters. The van der Waals surface area contributed by atoms with Crippen LogP contribution in [0.25, 0.3) is 5.69 Å². The predicted octanol–water partition coefficient (Wildman–Crippen LogP) is 2.09. The molecule has 3 aromatic rings. The maximum Gasteiger partial charge on any atom is 0.338 e. The molecule has 2 aromatic carbocycles. The third-order valence-corrected chi connectivity index (χ3v) is 4.60. The number of carbonyl (C=O) groups is 2. The fourth-order valence-electron chi connectivity index (χ4n) is 3.05. The van der Waals surface area contributed by atoms with E-state index in [0.29, 0.717) is 17.2 Å². The average Bonchev–Trinajstić information content (AvgIpc) is 3.43. The zero-order valence-electron chi connectivity index (χ0n) is 15.1. The second kappa shape index (κ2) is 7.99. The molecular weight excluding hydrogens is 358 g/mol. The van der Waals surface area contributed by atoms with Crippen molar-refractivity contribution in [3.05, 3.63) is 72.1 Å². The molecule has 0 aliphatic heterocycles. The van der Waals surface area contributed by atoms with E-state index in [-0.39, 0.29) is 18.6 Å². The van der Waals surface area contributed by atoms with E-state index in [1.807, 2.05) is 30.3 Å². The number of benzene rings is 2. The van der Waals surface area contributed by atoms with Crippen LogP contribution in [0.15, 0.2) is 60.9 Å². The van der Waals surface area contributed by atoms with Gasteiger partial charge in [-0.25, -0.2) is 9.48 Å². The Kier molecular flexibility index (Phi) is 5.09. The van der Waals surface area contributed by atoms with Crippen molar-refractivity contribution in [2.45, 2.75) is 18.9 Å². The fourth-order valence-corrected chi connectivity index (χ4v) is 3.05. The van der Waals surface area contributed by atoms with Crippen molar-refractivity contribution in [3.8, 4) is 5.69 Å². The Balaban J connectivity index is 1.35. The number of ether oxygens (including phenoxy) is 1. The topological polar surface area (TPSA) is 99.0 Å². The lowest BCUT2D eigenvalue weighted by Gasteiger charge is -2.18. The molecule has 1 aromatic heterocycles. The highest BCUT2D eigenvalue weighted by Crippen LogP contribution is 2.40. The van der Waals surface area contributed by atoms with Crippen LogP contribution in [0.1, 0.15) is 34.8 Å². The summed E-state index contributed by atoms with van der Waals surface area (Å²) in [6.45, 7) is -0.329. The van der Waals surface area contributed by atoms with Crippen LogP contribution in [0.5, 0.6) is 0 Å². The normalized spacial score (nSPS) is 14.3. The number of hydrogen-bond donors (Lipinski definition) is 1. The zero-order chi connectivity index (χ0) is 19.3. The van der Waals surface area contributed by atoms with Gasteiger partial charge in [-0.15, -0.1) is 5.10 Å². The molecule has 142 valence electrons. The van der Waals surface area contributed by atoms with Gasteiger partial charge in [-0.2, -0.15) is 0 Å². The Hall–Kier alpha value is -3.55. The molecule has 8 heteroatoms. The fraction of sp³-hybridized carbons (Fsp3) is 0.250. The van der Waals surface area contributed by atoms with E-state index in [9.17, 15) is 9.59 Å². The smallest absolute Gasteiger partial charge is 0.338 e. The quantitative estimate of drug-likeness (QED) is 0.633. The number of nitrogens with one attached hydrogen (secondary N) is 1. The number of rotatable bonds is 7. The molecule has 1 N–H and O–H groups in total. The lowest BCUT2D eigenvalue weighted by atomic mass is 10.0. The minimum Gasteiger partial charge on any atom is -0.452 e. The number of nitrogens with zero attached hydrogens (tertiary/aromatic N) is 4. The van der Waals surface area contributed by atoms with Crippen molar-refractivity contribution in [2.24, 2.45) is 5.92 Å². The van der Waals surface area contributed by atoms with Gasteiger partial charge in [-0.05, 0) is 52.9 Å². The molecule has 0 saturated heterocycles. The van der Waals surface area contributed by atoms with E-state index in [0.717, 1.165) is 18.4 Å². The summed E-state index contributed by atoms with van der Waals surface area (Å²) < 4.78 is 6.62. The Morgan fingerprint density at radius 3 is 2.68 bits per heavy atom. The molecule has 4 rings (SSSR count). The van der Waals surface area contributed by atoms with Crippen LogP contribution in [0, 0.1) is 5.92 Å². The maximum absolute atomic E-state index is 12.3. The summed E-state index contributed by atoms with van der Waals surface area (Å²) in [5.74, 6) is -0.450. The first-order valence-electron chi connectivity index (χ1n) is 9.05. The van der Waals surface area contributed by atoms with E-state index in [4.69, 9.17) is 4.74 Å². The second-order valence-electron chi connectivity index (χ2n) is 6.67. The van der Waals surface area contributed by atoms with E-state index in [2.05, 4.69) is 20.8 Å². The molecule has 1 aliphatic carbocycles. The molecule has 1 heterocycles. The van der Waals surface area contributed by atoms with E-state index < -0.39 is 5.97 Å². The van der Waals surface area contributed by atoms with Crippen LogP contribution in [-0.4, -0.2) is 38.7 Å². The minimum absolute atomic E-state index is 0.0458. The molecule has 1 saturated carbocycles. The molecule has 1 amide bonds. The van der Waals surface area contributed by atoms with Crippen molar-refractivity contribution >= 4 is 11.9 Å². The van der Waals surface area contributed by atoms with E-state index in [1.165, 1.54) is 11.0 Å². The monoisotopic (exact) mass is 377 g/mol. The Morgan fingerprint density at radius 2 is 1.96 bits per heavy atom. The summed E-state index contributed by atoms with van der Waals surface area (Å²) in [5, 5.41) is 13.9. The van der Waals surface area contributed by atoms with Gasteiger partial charge in [0.2, 0.25) is 0 Å². The minimum atomic E-state index is -0.576. The van der Waals surface area contributed by atoms with Gasteiger partial charge < -0.3 is 10.1 Å². The third-order valence-electron chi connectivity index (χ3n) is 4.60. The van der Waals surface area contributed by atoms with Crippen LogP contribution >= 0.6 is 0 Å². The average molecular weight is 377 g/mol. The number of hydrogen-bond acceptors (Lipinski definition) is 6. The van der Waals surface area contributed by atoms with Crippen LogP contribution in [0.2, 0.25) is 0 Å². The van der Waals surface area contributed by atoms with Gasteiger partial charge in [0.1, 0.15) is 6.33 Å². The predicted molar refractivity (Wildman–Crippen MR) is 99.5 cm³/mol. The molecule has 1 fully saturated rings. The van der Waals surface area contributed by atoms with Gasteiger partial charge in [0.15, 0.2) is 6.61 Å². The van der Waals surface area contributed by atoms with Gasteiger partial charge in [-0.1, -0.05) is 36.4 Å². The Morgan fingerprint density at radius 1 is 1.14 bits per heavy atom. The zero-order valence-corrected chi connectivity index (χ0v) is 15.1. The first-order chi connectivity index (χ1) is 13.7. The first kappa shape index (κ1) is 17.8. The first-order valence-corrected chi connectivity index (χ1v) is 9.05. The number of carbonyl (C=O) groups excluding carboxylic acids is 2. The standard InChI is InChI=1S/C20H19N5O3/c26-18(22-19(15-9-10-15)14-5-2-1-3-6-14)12-28-20(27)16-7-4-8-17(11-16)25-13-21-23-24-25/h1-8,11,13,15,19H,9-10,12H2,(H,22,26). The summed E-state index contributed by atoms with van der Waals surface area (Å²) >= 11 is 0. The molecule has 1 atom stereocenters. The molecule has 0 spiro atoms. The van der Waals surface area contributed by atoms with Crippen molar-refractivity contribution < 1.29 is 14.3 Å². The highest BCUT2D eigenvalue weighted by atomic mass is 16.5. The summed E-state index contributed by atoms with van der Waals surface area (Å²) in [7, 11) is 0. The number of tetrazole rings is 1. The Bertz CT molecular complexity index is 955. The highest BCUT2D eigenvalue weighted by molar-refractivity contribution is 5.91. The summed E-state index contributed by atoms with van der Waals surface area (Å²) in [4.78, 5) is 24.6. The lowest BCUT2D eigenvalue weighted by Crippen LogP contribution is -2.33. The molecule has 1 aliphatic rings. The molecule has 8 nitrogen and oxygen atoms in total. The van der Waals surface area contributed by atoms with Gasteiger partial charge in [0, 0.05) is 0 Å². The van der Waals surface area contributed by atoms with Gasteiger partial charge in [0.25, 0.3) is 5.91 Å². The largest absolute Gasteiger partial charge is 0.452 e.